The number of carboxylic acids is 3. The van der Waals surface area contributed by atoms with E-state index < -0.39 is 42.4 Å². The van der Waals surface area contributed by atoms with Gasteiger partial charge in [-0.25, -0.2) is 14.4 Å². The van der Waals surface area contributed by atoms with E-state index in [0.717, 1.165) is 5.69 Å². The second-order valence-corrected chi connectivity index (χ2v) is 6.77. The van der Waals surface area contributed by atoms with Gasteiger partial charge in [-0.05, 0) is 44.7 Å². The second-order valence-electron chi connectivity index (χ2n) is 6.77. The first-order valence-corrected chi connectivity index (χ1v) is 9.55. The van der Waals surface area contributed by atoms with Crippen molar-refractivity contribution in [3.8, 4) is 0 Å². The van der Waals surface area contributed by atoms with E-state index in [9.17, 15) is 29.1 Å². The minimum absolute atomic E-state index is 0.0531. The molecule has 0 bridgehead atoms. The third-order valence-electron chi connectivity index (χ3n) is 4.23. The maximum Gasteiger partial charge on any atom is 0.326 e. The van der Waals surface area contributed by atoms with E-state index in [0.29, 0.717) is 24.9 Å². The molecule has 1 rings (SSSR count). The molecule has 0 radical (unpaired) electrons. The number of unbranched alkanes of at least 4 members (excludes halogenated alkanes) is 1. The highest BCUT2D eigenvalue weighted by atomic mass is 16.4. The quantitative estimate of drug-likeness (QED) is 0.236. The van der Waals surface area contributed by atoms with Crippen molar-refractivity contribution in [2.45, 2.75) is 51.1 Å². The summed E-state index contributed by atoms with van der Waals surface area (Å²) in [4.78, 5) is 60.9. The van der Waals surface area contributed by atoms with Crippen molar-refractivity contribution in [2.75, 3.05) is 6.54 Å². The van der Waals surface area contributed by atoms with Gasteiger partial charge in [0.1, 0.15) is 12.1 Å². The first-order chi connectivity index (χ1) is 14.6. The Morgan fingerprint density at radius 2 is 1.55 bits per heavy atom. The number of aryl methyl sites for hydroxylation is 1. The zero-order chi connectivity index (χ0) is 23.4. The Bertz CT molecular complexity index is 797. The Hall–Kier alpha value is -3.70. The summed E-state index contributed by atoms with van der Waals surface area (Å²) < 4.78 is 0. The van der Waals surface area contributed by atoms with Gasteiger partial charge in [-0.2, -0.15) is 0 Å². The zero-order valence-corrected chi connectivity index (χ0v) is 17.0. The number of rotatable bonds is 13. The number of hydrogen-bond donors (Lipinski definition) is 6. The molecule has 1 aromatic rings. The van der Waals surface area contributed by atoms with Crippen LogP contribution in [0.3, 0.4) is 0 Å². The van der Waals surface area contributed by atoms with Gasteiger partial charge >= 0.3 is 23.9 Å². The summed E-state index contributed by atoms with van der Waals surface area (Å²) in [6.07, 6.45) is 1.52. The van der Waals surface area contributed by atoms with Crippen LogP contribution in [0.25, 0.3) is 0 Å². The molecule has 0 aliphatic rings. The van der Waals surface area contributed by atoms with Crippen LogP contribution in [0.15, 0.2) is 18.3 Å². The molecule has 0 saturated carbocycles. The highest BCUT2D eigenvalue weighted by Gasteiger charge is 2.24. The highest BCUT2D eigenvalue weighted by Crippen LogP contribution is 2.04. The summed E-state index contributed by atoms with van der Waals surface area (Å²) >= 11 is 0. The van der Waals surface area contributed by atoms with Crippen molar-refractivity contribution in [2.24, 2.45) is 0 Å². The van der Waals surface area contributed by atoms with Crippen LogP contribution in [0, 0.1) is 6.92 Å². The number of urea groups is 1. The number of aliphatic carboxylic acids is 3. The Labute approximate surface area is 178 Å². The molecule has 3 amide bonds. The first kappa shape index (κ1) is 25.3. The van der Waals surface area contributed by atoms with E-state index in [4.69, 9.17) is 10.2 Å². The number of hydrogen-bond acceptors (Lipinski definition) is 6. The molecule has 31 heavy (non-hydrogen) atoms. The van der Waals surface area contributed by atoms with Crippen LogP contribution in [0.4, 0.5) is 4.79 Å². The van der Waals surface area contributed by atoms with Crippen LogP contribution in [-0.4, -0.2) is 68.8 Å². The second kappa shape index (κ2) is 12.8. The molecule has 0 spiro atoms. The van der Waals surface area contributed by atoms with E-state index in [1.807, 2.05) is 0 Å². The molecule has 2 unspecified atom stereocenters. The summed E-state index contributed by atoms with van der Waals surface area (Å²) in [5.41, 5.74) is 1.19. The molecule has 0 aromatic carbocycles. The van der Waals surface area contributed by atoms with Crippen molar-refractivity contribution in [1.29, 1.82) is 0 Å². The lowest BCUT2D eigenvalue weighted by atomic mass is 10.1. The van der Waals surface area contributed by atoms with Gasteiger partial charge in [0.05, 0.1) is 5.56 Å². The Kier molecular flexibility index (Phi) is 10.4. The van der Waals surface area contributed by atoms with Crippen molar-refractivity contribution in [1.82, 2.24) is 20.9 Å². The van der Waals surface area contributed by atoms with Crippen molar-refractivity contribution in [3.05, 3.63) is 29.6 Å². The largest absolute Gasteiger partial charge is 0.481 e. The summed E-state index contributed by atoms with van der Waals surface area (Å²) in [6.45, 7) is 2.09. The number of nitrogens with zero attached hydrogens (tertiary/aromatic N) is 1. The van der Waals surface area contributed by atoms with E-state index in [2.05, 4.69) is 20.9 Å². The lowest BCUT2D eigenvalue weighted by molar-refractivity contribution is -0.140. The van der Waals surface area contributed by atoms with Crippen LogP contribution >= 0.6 is 0 Å². The van der Waals surface area contributed by atoms with Gasteiger partial charge in [0.2, 0.25) is 0 Å². The van der Waals surface area contributed by atoms with E-state index >= 15 is 0 Å². The Morgan fingerprint density at radius 3 is 2.06 bits per heavy atom. The predicted octanol–water partition coefficient (Wildman–Crippen LogP) is 0.361. The van der Waals surface area contributed by atoms with Crippen molar-refractivity contribution in [3.63, 3.8) is 0 Å². The maximum absolute atomic E-state index is 12.0. The normalized spacial score (nSPS) is 12.3. The average molecular weight is 438 g/mol. The Balaban J connectivity index is 2.41. The number of amides is 3. The fraction of sp³-hybridized carbons (Fsp3) is 0.474. The highest BCUT2D eigenvalue weighted by molar-refractivity contribution is 5.93. The van der Waals surface area contributed by atoms with Gasteiger partial charge in [0.25, 0.3) is 5.91 Å². The lowest BCUT2D eigenvalue weighted by Gasteiger charge is -2.18. The van der Waals surface area contributed by atoms with Crippen LogP contribution in [0.1, 0.15) is 48.2 Å². The fourth-order valence-electron chi connectivity index (χ4n) is 2.52. The lowest BCUT2D eigenvalue weighted by Crippen LogP contribution is -2.51. The van der Waals surface area contributed by atoms with Crippen molar-refractivity contribution < 1.29 is 39.3 Å². The first-order valence-electron chi connectivity index (χ1n) is 9.55. The molecular formula is C19H26N4O8. The van der Waals surface area contributed by atoms with Crippen LogP contribution in [0.2, 0.25) is 0 Å². The molecule has 12 heteroatoms. The number of carbonyl (C=O) groups is 5. The molecule has 2 atom stereocenters. The number of carbonyl (C=O) groups excluding carboxylic acids is 2. The van der Waals surface area contributed by atoms with E-state index in [-0.39, 0.29) is 18.7 Å². The van der Waals surface area contributed by atoms with Gasteiger partial charge in [0, 0.05) is 24.9 Å². The number of aromatic nitrogens is 1. The van der Waals surface area contributed by atoms with Gasteiger partial charge in [0.15, 0.2) is 0 Å². The minimum atomic E-state index is -1.46. The molecule has 6 N–H and O–H groups in total. The van der Waals surface area contributed by atoms with Gasteiger partial charge < -0.3 is 31.3 Å². The molecule has 0 aliphatic carbocycles. The number of nitrogens with one attached hydrogen (secondary N) is 3. The smallest absolute Gasteiger partial charge is 0.326 e. The number of pyridine rings is 1. The summed E-state index contributed by atoms with van der Waals surface area (Å²) in [7, 11) is 0. The molecule has 0 fully saturated rings. The third-order valence-corrected chi connectivity index (χ3v) is 4.23. The number of carboxylic acid groups (broad SMARTS) is 3. The van der Waals surface area contributed by atoms with Crippen LogP contribution < -0.4 is 16.0 Å². The monoisotopic (exact) mass is 438 g/mol. The average Bonchev–Trinajstić information content (AvgIpc) is 2.69. The van der Waals surface area contributed by atoms with E-state index in [1.165, 1.54) is 6.20 Å². The third kappa shape index (κ3) is 10.1. The van der Waals surface area contributed by atoms with Crippen LogP contribution in [-0.2, 0) is 14.4 Å². The SMILES string of the molecule is Cc1ccc(C(=O)NCCCCC(NC(=O)NC(CCC(=O)O)C(=O)O)C(=O)O)cn1. The summed E-state index contributed by atoms with van der Waals surface area (Å²) in [5, 5.41) is 33.8. The van der Waals surface area contributed by atoms with Crippen molar-refractivity contribution >= 4 is 29.8 Å². The standard InChI is InChI=1S/C19H26N4O8/c1-11-5-6-12(10-21-11)16(26)20-9-3-2-4-13(17(27)28)22-19(31)23-14(18(29)30)7-8-15(24)25/h5-6,10,13-14H,2-4,7-9H2,1H3,(H,20,26)(H,24,25)(H,27,28)(H,29,30)(H2,22,23,31). The molecule has 0 aliphatic heterocycles. The zero-order valence-electron chi connectivity index (χ0n) is 17.0. The molecule has 170 valence electrons. The molecule has 0 saturated heterocycles. The Morgan fingerprint density at radius 1 is 0.935 bits per heavy atom. The predicted molar refractivity (Wildman–Crippen MR) is 107 cm³/mol. The molecule has 1 aromatic heterocycles. The topological polar surface area (TPSA) is 195 Å². The molecule has 1 heterocycles. The minimum Gasteiger partial charge on any atom is -0.481 e. The fourth-order valence-corrected chi connectivity index (χ4v) is 2.52. The molecule has 12 nitrogen and oxygen atoms in total. The van der Waals surface area contributed by atoms with Crippen LogP contribution in [0.5, 0.6) is 0 Å². The maximum atomic E-state index is 12.0. The molecular weight excluding hydrogens is 412 g/mol. The summed E-state index contributed by atoms with van der Waals surface area (Å²) in [6, 6.07) is -0.408. The van der Waals surface area contributed by atoms with Gasteiger partial charge in [-0.3, -0.25) is 14.6 Å². The van der Waals surface area contributed by atoms with Gasteiger partial charge in [-0.1, -0.05) is 0 Å². The van der Waals surface area contributed by atoms with Gasteiger partial charge in [-0.15, -0.1) is 0 Å². The van der Waals surface area contributed by atoms with E-state index in [1.54, 1.807) is 19.1 Å². The summed E-state index contributed by atoms with van der Waals surface area (Å²) in [5.74, 6) is -4.26.